The fourth-order valence-corrected chi connectivity index (χ4v) is 4.62. The molecular formula is C26H33N3O3. The number of likely N-dealkylation sites (tertiary alicyclic amines) is 1. The van der Waals surface area contributed by atoms with Crippen LogP contribution in [0.5, 0.6) is 11.5 Å². The number of amides is 1. The maximum atomic E-state index is 12.9. The number of rotatable bonds is 8. The molecule has 6 nitrogen and oxygen atoms in total. The molecule has 3 aromatic rings. The lowest BCUT2D eigenvalue weighted by Crippen LogP contribution is -2.41. The number of carbonyl (C=O) groups excluding carboxylic acids is 1. The molecular weight excluding hydrogens is 402 g/mol. The summed E-state index contributed by atoms with van der Waals surface area (Å²) in [4.78, 5) is 18.8. The van der Waals surface area contributed by atoms with Gasteiger partial charge < -0.3 is 24.7 Å². The van der Waals surface area contributed by atoms with Gasteiger partial charge in [0.1, 0.15) is 11.5 Å². The standard InChI is InChI=1S/C26H33N3O3/c1-18(23-16-21(31-2)8-9-25(23)32-3)28-26(30)19-10-13-29(14-11-19)15-12-20-17-27-24-7-5-4-6-22(20)24/h4-9,16-19,27H,10-15H2,1-3H3,(H,28,30). The van der Waals surface area contributed by atoms with Crippen molar-refractivity contribution in [3.63, 3.8) is 0 Å². The topological polar surface area (TPSA) is 66.6 Å². The maximum Gasteiger partial charge on any atom is 0.223 e. The molecule has 1 amide bonds. The number of piperidine rings is 1. The van der Waals surface area contributed by atoms with Crippen LogP contribution in [0.3, 0.4) is 0 Å². The highest BCUT2D eigenvalue weighted by Gasteiger charge is 2.26. The first-order chi connectivity index (χ1) is 15.6. The van der Waals surface area contributed by atoms with E-state index in [2.05, 4.69) is 45.7 Å². The minimum Gasteiger partial charge on any atom is -0.497 e. The van der Waals surface area contributed by atoms with Crippen molar-refractivity contribution in [1.82, 2.24) is 15.2 Å². The predicted octanol–water partition coefficient (Wildman–Crippen LogP) is 4.32. The zero-order valence-corrected chi connectivity index (χ0v) is 19.2. The van der Waals surface area contributed by atoms with E-state index in [0.29, 0.717) is 0 Å². The molecule has 32 heavy (non-hydrogen) atoms. The van der Waals surface area contributed by atoms with E-state index in [4.69, 9.17) is 9.47 Å². The average molecular weight is 436 g/mol. The SMILES string of the molecule is COc1ccc(OC)c(C(C)NC(=O)C2CCN(CCc3c[nH]c4ccccc34)CC2)c1. The van der Waals surface area contributed by atoms with Crippen molar-refractivity contribution >= 4 is 16.8 Å². The van der Waals surface area contributed by atoms with Crippen LogP contribution in [0, 0.1) is 5.92 Å². The molecule has 0 bridgehead atoms. The highest BCUT2D eigenvalue weighted by molar-refractivity contribution is 5.83. The number of methoxy groups -OCH3 is 2. The van der Waals surface area contributed by atoms with Gasteiger partial charge in [-0.3, -0.25) is 4.79 Å². The summed E-state index contributed by atoms with van der Waals surface area (Å²) in [5, 5.41) is 4.49. The van der Waals surface area contributed by atoms with E-state index in [1.165, 1.54) is 16.5 Å². The zero-order valence-electron chi connectivity index (χ0n) is 19.2. The van der Waals surface area contributed by atoms with Crippen LogP contribution in [0.2, 0.25) is 0 Å². The van der Waals surface area contributed by atoms with Crippen molar-refractivity contribution < 1.29 is 14.3 Å². The number of hydrogen-bond donors (Lipinski definition) is 2. The molecule has 0 saturated carbocycles. The summed E-state index contributed by atoms with van der Waals surface area (Å²) in [6, 6.07) is 14.0. The quantitative estimate of drug-likeness (QED) is 0.553. The Balaban J connectivity index is 1.28. The minimum absolute atomic E-state index is 0.0541. The summed E-state index contributed by atoms with van der Waals surface area (Å²) in [6.07, 6.45) is 4.93. The Hall–Kier alpha value is -2.99. The molecule has 1 saturated heterocycles. The van der Waals surface area contributed by atoms with Crippen molar-refractivity contribution in [1.29, 1.82) is 0 Å². The molecule has 1 unspecified atom stereocenters. The minimum atomic E-state index is -0.146. The van der Waals surface area contributed by atoms with Crippen LogP contribution >= 0.6 is 0 Å². The summed E-state index contributed by atoms with van der Waals surface area (Å²) in [5.74, 6) is 1.69. The second-order valence-corrected chi connectivity index (χ2v) is 8.56. The predicted molar refractivity (Wildman–Crippen MR) is 127 cm³/mol. The van der Waals surface area contributed by atoms with Crippen LogP contribution in [0.25, 0.3) is 10.9 Å². The molecule has 1 atom stereocenters. The van der Waals surface area contributed by atoms with Crippen molar-refractivity contribution in [2.45, 2.75) is 32.2 Å². The highest BCUT2D eigenvalue weighted by Crippen LogP contribution is 2.30. The van der Waals surface area contributed by atoms with Crippen molar-refractivity contribution in [3.05, 3.63) is 59.8 Å². The Morgan fingerprint density at radius 1 is 1.16 bits per heavy atom. The van der Waals surface area contributed by atoms with Crippen LogP contribution in [0.15, 0.2) is 48.7 Å². The maximum absolute atomic E-state index is 12.9. The number of carbonyl (C=O) groups is 1. The highest BCUT2D eigenvalue weighted by atomic mass is 16.5. The fourth-order valence-electron chi connectivity index (χ4n) is 4.62. The Labute approximate surface area is 189 Å². The normalized spacial score (nSPS) is 16.1. The summed E-state index contributed by atoms with van der Waals surface area (Å²) < 4.78 is 10.8. The smallest absolute Gasteiger partial charge is 0.223 e. The van der Waals surface area contributed by atoms with E-state index in [-0.39, 0.29) is 17.9 Å². The number of aromatic amines is 1. The molecule has 6 heteroatoms. The van der Waals surface area contributed by atoms with Crippen LogP contribution < -0.4 is 14.8 Å². The Morgan fingerprint density at radius 3 is 2.69 bits per heavy atom. The number of benzene rings is 2. The third-order valence-electron chi connectivity index (χ3n) is 6.59. The number of ether oxygens (including phenoxy) is 2. The monoisotopic (exact) mass is 435 g/mol. The summed E-state index contributed by atoms with van der Waals surface area (Å²) >= 11 is 0. The van der Waals surface area contributed by atoms with Crippen LogP contribution in [-0.4, -0.2) is 49.6 Å². The largest absolute Gasteiger partial charge is 0.497 e. The van der Waals surface area contributed by atoms with Crippen LogP contribution in [0.4, 0.5) is 0 Å². The molecule has 1 aromatic heterocycles. The first kappa shape index (κ1) is 22.2. The third kappa shape index (κ3) is 4.91. The Kier molecular flexibility index (Phi) is 7.00. The van der Waals surface area contributed by atoms with E-state index in [1.807, 2.05) is 25.1 Å². The lowest BCUT2D eigenvalue weighted by atomic mass is 9.94. The van der Waals surface area contributed by atoms with E-state index < -0.39 is 0 Å². The first-order valence-electron chi connectivity index (χ1n) is 11.4. The van der Waals surface area contributed by atoms with Gasteiger partial charge in [-0.25, -0.2) is 0 Å². The second kappa shape index (κ2) is 10.1. The van der Waals surface area contributed by atoms with Crippen molar-refractivity contribution in [2.24, 2.45) is 5.92 Å². The summed E-state index contributed by atoms with van der Waals surface area (Å²) in [6.45, 7) is 4.92. The number of para-hydroxylation sites is 1. The van der Waals surface area contributed by atoms with Crippen molar-refractivity contribution in [3.8, 4) is 11.5 Å². The van der Waals surface area contributed by atoms with Gasteiger partial charge in [-0.15, -0.1) is 0 Å². The Bertz CT molecular complexity index is 1050. The molecule has 2 N–H and O–H groups in total. The van der Waals surface area contributed by atoms with E-state index in [1.54, 1.807) is 14.2 Å². The number of hydrogen-bond acceptors (Lipinski definition) is 4. The van der Waals surface area contributed by atoms with Gasteiger partial charge in [0.25, 0.3) is 0 Å². The van der Waals surface area contributed by atoms with Gasteiger partial charge in [-0.1, -0.05) is 18.2 Å². The van der Waals surface area contributed by atoms with Crippen LogP contribution in [-0.2, 0) is 11.2 Å². The molecule has 0 aliphatic carbocycles. The van der Waals surface area contributed by atoms with Gasteiger partial charge in [0.15, 0.2) is 0 Å². The van der Waals surface area contributed by atoms with Gasteiger partial charge in [0.05, 0.1) is 20.3 Å². The molecule has 0 radical (unpaired) electrons. The molecule has 1 aliphatic rings. The number of H-pyrrole nitrogens is 1. The molecule has 2 heterocycles. The van der Waals surface area contributed by atoms with E-state index in [0.717, 1.165) is 56.0 Å². The van der Waals surface area contributed by atoms with Gasteiger partial charge in [-0.2, -0.15) is 0 Å². The second-order valence-electron chi connectivity index (χ2n) is 8.56. The van der Waals surface area contributed by atoms with Gasteiger partial charge in [0.2, 0.25) is 5.91 Å². The molecule has 1 aliphatic heterocycles. The lowest BCUT2D eigenvalue weighted by Gasteiger charge is -2.32. The fraction of sp³-hybridized carbons (Fsp3) is 0.423. The van der Waals surface area contributed by atoms with E-state index in [9.17, 15) is 4.79 Å². The number of nitrogens with one attached hydrogen (secondary N) is 2. The molecule has 2 aromatic carbocycles. The van der Waals surface area contributed by atoms with E-state index >= 15 is 0 Å². The molecule has 0 spiro atoms. The summed E-state index contributed by atoms with van der Waals surface area (Å²) in [7, 11) is 3.28. The number of nitrogens with zero attached hydrogens (tertiary/aromatic N) is 1. The first-order valence-corrected chi connectivity index (χ1v) is 11.4. The molecule has 170 valence electrons. The van der Waals surface area contributed by atoms with Gasteiger partial charge >= 0.3 is 0 Å². The lowest BCUT2D eigenvalue weighted by molar-refractivity contribution is -0.127. The van der Waals surface area contributed by atoms with Crippen molar-refractivity contribution in [2.75, 3.05) is 33.9 Å². The number of aromatic nitrogens is 1. The average Bonchev–Trinajstić information content (AvgIpc) is 3.25. The van der Waals surface area contributed by atoms with Crippen LogP contribution in [0.1, 0.15) is 36.9 Å². The zero-order chi connectivity index (χ0) is 22.5. The third-order valence-corrected chi connectivity index (χ3v) is 6.59. The molecule has 4 rings (SSSR count). The molecule has 1 fully saturated rings. The Morgan fingerprint density at radius 2 is 1.94 bits per heavy atom. The number of fused-ring (bicyclic) bond motifs is 1. The van der Waals surface area contributed by atoms with Gasteiger partial charge in [0, 0.05) is 35.1 Å². The van der Waals surface area contributed by atoms with Gasteiger partial charge in [-0.05, 0) is 69.1 Å². The summed E-state index contributed by atoms with van der Waals surface area (Å²) in [5.41, 5.74) is 3.48.